The summed E-state index contributed by atoms with van der Waals surface area (Å²) in [6.07, 6.45) is 4.08. The largest absolute Gasteiger partial charge is 0.445 e. The van der Waals surface area contributed by atoms with Crippen LogP contribution in [0.1, 0.15) is 53.4 Å². The van der Waals surface area contributed by atoms with Crippen LogP contribution in [0.4, 0.5) is 4.79 Å². The number of sulfonamides is 1. The second kappa shape index (κ2) is 11.8. The Kier molecular flexibility index (Phi) is 9.69. The van der Waals surface area contributed by atoms with Gasteiger partial charge in [0.2, 0.25) is 0 Å². The Hall–Kier alpha value is -2.17. The molecule has 0 saturated carbocycles. The number of aliphatic hydroxyl groups excluding tert-OH is 1. The molecule has 184 valence electrons. The fraction of sp³-hybridized carbons (Fsp3) is 0.591. The van der Waals surface area contributed by atoms with Crippen LogP contribution in [-0.2, 0) is 21.3 Å². The lowest BCUT2D eigenvalue weighted by atomic mass is 9.89. The van der Waals surface area contributed by atoms with Crippen molar-refractivity contribution in [3.05, 3.63) is 35.3 Å². The zero-order chi connectivity index (χ0) is 24.8. The molecule has 1 aliphatic rings. The van der Waals surface area contributed by atoms with Gasteiger partial charge in [-0.25, -0.2) is 13.2 Å². The molecule has 1 aromatic heterocycles. The second-order valence-corrected chi connectivity index (χ2v) is 10.3. The summed E-state index contributed by atoms with van der Waals surface area (Å²) in [7, 11) is -4.07. The third kappa shape index (κ3) is 6.91. The van der Waals surface area contributed by atoms with Crippen molar-refractivity contribution in [2.45, 2.75) is 70.9 Å². The van der Waals surface area contributed by atoms with Crippen molar-refractivity contribution in [2.24, 2.45) is 10.9 Å². The van der Waals surface area contributed by atoms with E-state index in [9.17, 15) is 18.3 Å². The van der Waals surface area contributed by atoms with Crippen molar-refractivity contribution in [3.63, 3.8) is 0 Å². The number of nitrogens with zero attached hydrogens (tertiary/aromatic N) is 4. The average Bonchev–Trinajstić information content (AvgIpc) is 3.13. The van der Waals surface area contributed by atoms with Crippen LogP contribution in [0.25, 0.3) is 0 Å². The number of aliphatic hydroxyl groups is 1. The first-order valence-electron chi connectivity index (χ1n) is 11.1. The van der Waals surface area contributed by atoms with Crippen LogP contribution in [-0.4, -0.2) is 58.7 Å². The Bertz CT molecular complexity index is 1030. The molecular weight excluding hydrogens is 468 g/mol. The predicted octanol–water partition coefficient (Wildman–Crippen LogP) is 4.18. The topological polar surface area (TPSA) is 114 Å². The summed E-state index contributed by atoms with van der Waals surface area (Å²) >= 11 is 6.18. The Morgan fingerprint density at radius 2 is 2.15 bits per heavy atom. The molecule has 1 N–H and O–H groups in total. The van der Waals surface area contributed by atoms with E-state index in [-0.39, 0.29) is 35.2 Å². The number of ether oxygens (including phenoxy) is 1. The van der Waals surface area contributed by atoms with Crippen molar-refractivity contribution < 1.29 is 23.1 Å². The van der Waals surface area contributed by atoms with Crippen molar-refractivity contribution in [3.8, 4) is 0 Å². The number of rotatable bonds is 9. The highest BCUT2D eigenvalue weighted by molar-refractivity contribution is 7.89. The smallest absolute Gasteiger partial charge is 0.434 e. The molecular formula is C22H33ClN4O5S. The van der Waals surface area contributed by atoms with E-state index in [1.165, 1.54) is 15.2 Å². The van der Waals surface area contributed by atoms with Gasteiger partial charge in [0.25, 0.3) is 10.0 Å². The van der Waals surface area contributed by atoms with Gasteiger partial charge in [0.05, 0.1) is 11.8 Å². The molecule has 0 spiro atoms. The monoisotopic (exact) mass is 500 g/mol. The molecule has 0 radical (unpaired) electrons. The van der Waals surface area contributed by atoms with Gasteiger partial charge in [-0.15, -0.1) is 0 Å². The molecule has 1 aromatic rings. The van der Waals surface area contributed by atoms with Crippen LogP contribution in [0.2, 0.25) is 5.15 Å². The average molecular weight is 501 g/mol. The minimum atomic E-state index is -4.07. The molecule has 1 amide bonds. The molecule has 0 aliphatic carbocycles. The first-order chi connectivity index (χ1) is 15.5. The standard InChI is InChI=1S/C22H33ClN4O5S/c1-6-18(24-22(29)32-15(3)4)12-19-16(5)11-17(9-8-10-28)13-27(19)33(30,31)20-14-26(7-2)25-21(20)23/h12,14-15,17,28H,5-11,13H2,1-4H3/b19-12+,24-18?. The van der Waals surface area contributed by atoms with E-state index >= 15 is 0 Å². The van der Waals surface area contributed by atoms with E-state index < -0.39 is 16.1 Å². The van der Waals surface area contributed by atoms with Crippen LogP contribution in [0, 0.1) is 5.92 Å². The Balaban J connectivity index is 2.54. The third-order valence-corrected chi connectivity index (χ3v) is 7.35. The first kappa shape index (κ1) is 27.1. The molecule has 1 aliphatic heterocycles. The van der Waals surface area contributed by atoms with Gasteiger partial charge in [-0.2, -0.15) is 10.1 Å². The molecule has 1 saturated heterocycles. The summed E-state index contributed by atoms with van der Waals surface area (Å²) in [6.45, 7) is 11.9. The number of hydrogen-bond acceptors (Lipinski definition) is 6. The molecule has 11 heteroatoms. The van der Waals surface area contributed by atoms with Crippen molar-refractivity contribution in [2.75, 3.05) is 13.2 Å². The maximum absolute atomic E-state index is 13.7. The zero-order valence-electron chi connectivity index (χ0n) is 19.6. The third-order valence-electron chi connectivity index (χ3n) is 5.18. The van der Waals surface area contributed by atoms with E-state index in [4.69, 9.17) is 16.3 Å². The summed E-state index contributed by atoms with van der Waals surface area (Å²) < 4.78 is 35.2. The van der Waals surface area contributed by atoms with E-state index in [2.05, 4.69) is 16.7 Å². The number of aryl methyl sites for hydroxylation is 1. The van der Waals surface area contributed by atoms with Gasteiger partial charge in [0.1, 0.15) is 4.90 Å². The van der Waals surface area contributed by atoms with Gasteiger partial charge >= 0.3 is 6.09 Å². The van der Waals surface area contributed by atoms with Gasteiger partial charge in [-0.3, -0.25) is 8.99 Å². The second-order valence-electron chi connectivity index (χ2n) is 8.13. The predicted molar refractivity (Wildman–Crippen MR) is 128 cm³/mol. The Morgan fingerprint density at radius 1 is 1.45 bits per heavy atom. The first-order valence-corrected chi connectivity index (χ1v) is 12.9. The van der Waals surface area contributed by atoms with E-state index in [0.717, 1.165) is 0 Å². The van der Waals surface area contributed by atoms with Crippen molar-refractivity contribution in [1.82, 2.24) is 14.1 Å². The highest BCUT2D eigenvalue weighted by Gasteiger charge is 2.37. The number of aromatic nitrogens is 2. The lowest BCUT2D eigenvalue weighted by molar-refractivity contribution is 0.126. The number of hydrogen-bond donors (Lipinski definition) is 1. The molecule has 2 heterocycles. The molecule has 0 bridgehead atoms. The molecule has 1 unspecified atom stereocenters. The van der Waals surface area contributed by atoms with Gasteiger partial charge in [-0.1, -0.05) is 25.1 Å². The summed E-state index contributed by atoms with van der Waals surface area (Å²) in [4.78, 5) is 16.0. The minimum absolute atomic E-state index is 0.0236. The fourth-order valence-corrected chi connectivity index (χ4v) is 5.58. The van der Waals surface area contributed by atoms with E-state index in [0.29, 0.717) is 49.2 Å². The summed E-state index contributed by atoms with van der Waals surface area (Å²) in [6, 6.07) is 0. The van der Waals surface area contributed by atoms with Crippen LogP contribution in [0.15, 0.2) is 40.0 Å². The van der Waals surface area contributed by atoms with Crippen LogP contribution >= 0.6 is 11.6 Å². The lowest BCUT2D eigenvalue weighted by Crippen LogP contribution is -2.39. The molecule has 0 aromatic carbocycles. The molecule has 1 fully saturated rings. The number of allylic oxidation sites excluding steroid dienone is 2. The maximum Gasteiger partial charge on any atom is 0.434 e. The maximum atomic E-state index is 13.7. The molecule has 33 heavy (non-hydrogen) atoms. The minimum Gasteiger partial charge on any atom is -0.445 e. The van der Waals surface area contributed by atoms with Crippen LogP contribution in [0.3, 0.4) is 0 Å². The molecule has 1 atom stereocenters. The molecule has 2 rings (SSSR count). The van der Waals surface area contributed by atoms with Gasteiger partial charge in [0.15, 0.2) is 5.15 Å². The lowest BCUT2D eigenvalue weighted by Gasteiger charge is -2.37. The summed E-state index contributed by atoms with van der Waals surface area (Å²) in [5.41, 5.74) is 1.33. The quantitative estimate of drug-likeness (QED) is 0.509. The van der Waals surface area contributed by atoms with Crippen LogP contribution < -0.4 is 0 Å². The molecule has 9 nitrogen and oxygen atoms in total. The van der Waals surface area contributed by atoms with Gasteiger partial charge in [0, 0.05) is 31.6 Å². The number of amides is 1. The zero-order valence-corrected chi connectivity index (χ0v) is 21.2. The number of carbonyl (C=O) groups excluding carboxylic acids is 1. The Labute approximate surface area is 200 Å². The number of aliphatic imine (C=N–C) groups is 1. The normalized spacial score (nSPS) is 18.9. The highest BCUT2D eigenvalue weighted by Crippen LogP contribution is 2.37. The van der Waals surface area contributed by atoms with Crippen molar-refractivity contribution >= 4 is 33.4 Å². The van der Waals surface area contributed by atoms with Gasteiger partial charge < -0.3 is 9.84 Å². The van der Waals surface area contributed by atoms with Crippen molar-refractivity contribution in [1.29, 1.82) is 0 Å². The van der Waals surface area contributed by atoms with E-state index in [1.54, 1.807) is 19.9 Å². The van der Waals surface area contributed by atoms with E-state index in [1.807, 2.05) is 13.8 Å². The number of piperidine rings is 1. The Morgan fingerprint density at radius 3 is 2.70 bits per heavy atom. The number of carbonyl (C=O) groups is 1. The van der Waals surface area contributed by atoms with Gasteiger partial charge in [-0.05, 0) is 64.0 Å². The van der Waals surface area contributed by atoms with Crippen LogP contribution in [0.5, 0.6) is 0 Å². The summed E-state index contributed by atoms with van der Waals surface area (Å²) in [5.74, 6) is -0.0236. The fourth-order valence-electron chi connectivity index (χ4n) is 3.55. The SMILES string of the molecule is C=C1CC(CCCO)CN(S(=O)(=O)c2cn(CC)nc2Cl)/C1=C/C(CC)=NC(=O)OC(C)C. The number of halogens is 1. The highest BCUT2D eigenvalue weighted by atomic mass is 35.5. The summed E-state index contributed by atoms with van der Waals surface area (Å²) in [5, 5.41) is 13.2.